The molecule has 2 aromatic rings. The van der Waals surface area contributed by atoms with Gasteiger partial charge in [0.25, 0.3) is 5.91 Å². The fraction of sp³-hybridized carbons (Fsp3) is 0.273. The van der Waals surface area contributed by atoms with Gasteiger partial charge in [0, 0.05) is 12.0 Å². The second-order valence-electron chi connectivity index (χ2n) is 6.16. The third kappa shape index (κ3) is 6.47. The minimum absolute atomic E-state index is 0.0293. The Hall–Kier alpha value is -3.66. The quantitative estimate of drug-likeness (QED) is 0.515. The van der Waals surface area contributed by atoms with Crippen LogP contribution in [0.4, 0.5) is 5.69 Å². The molecule has 7 nitrogen and oxygen atoms in total. The lowest BCUT2D eigenvalue weighted by Crippen LogP contribution is -2.30. The van der Waals surface area contributed by atoms with E-state index in [-0.39, 0.29) is 18.6 Å². The first-order chi connectivity index (χ1) is 13.9. The summed E-state index contributed by atoms with van der Waals surface area (Å²) in [4.78, 5) is 36.4. The fourth-order valence-electron chi connectivity index (χ4n) is 2.50. The highest BCUT2D eigenvalue weighted by atomic mass is 16.5. The SMILES string of the molecule is CCOc1ccc(C(=O)CCC(=O)O[C@@H](C)C(=O)Nc2ccccc2C#N)cc1. The predicted molar refractivity (Wildman–Crippen MR) is 107 cm³/mol. The molecule has 0 aliphatic carbocycles. The van der Waals surface area contributed by atoms with Gasteiger partial charge >= 0.3 is 5.97 Å². The molecule has 0 fully saturated rings. The molecule has 0 aliphatic heterocycles. The third-order valence-corrected chi connectivity index (χ3v) is 4.03. The Morgan fingerprint density at radius 3 is 2.41 bits per heavy atom. The molecule has 29 heavy (non-hydrogen) atoms. The lowest BCUT2D eigenvalue weighted by atomic mass is 10.1. The zero-order chi connectivity index (χ0) is 21.2. The van der Waals surface area contributed by atoms with Gasteiger partial charge in [0.2, 0.25) is 0 Å². The van der Waals surface area contributed by atoms with Gasteiger partial charge < -0.3 is 14.8 Å². The first-order valence-corrected chi connectivity index (χ1v) is 9.20. The van der Waals surface area contributed by atoms with Crippen LogP contribution in [0.15, 0.2) is 48.5 Å². The van der Waals surface area contributed by atoms with E-state index in [1.807, 2.05) is 13.0 Å². The maximum absolute atomic E-state index is 12.2. The number of benzene rings is 2. The van der Waals surface area contributed by atoms with E-state index >= 15 is 0 Å². The highest BCUT2D eigenvalue weighted by Crippen LogP contribution is 2.16. The molecular formula is C22H22N2O5. The summed E-state index contributed by atoms with van der Waals surface area (Å²) < 4.78 is 10.4. The zero-order valence-corrected chi connectivity index (χ0v) is 16.3. The fourth-order valence-corrected chi connectivity index (χ4v) is 2.50. The van der Waals surface area contributed by atoms with Crippen molar-refractivity contribution in [3.63, 3.8) is 0 Å². The minimum Gasteiger partial charge on any atom is -0.494 e. The van der Waals surface area contributed by atoms with E-state index in [1.54, 1.807) is 48.5 Å². The van der Waals surface area contributed by atoms with Crippen LogP contribution in [0.2, 0.25) is 0 Å². The molecule has 1 N–H and O–H groups in total. The van der Waals surface area contributed by atoms with Gasteiger partial charge in [-0.2, -0.15) is 5.26 Å². The van der Waals surface area contributed by atoms with Crippen LogP contribution in [0.3, 0.4) is 0 Å². The molecule has 0 bridgehead atoms. The van der Waals surface area contributed by atoms with Crippen molar-refractivity contribution in [2.45, 2.75) is 32.8 Å². The zero-order valence-electron chi connectivity index (χ0n) is 16.3. The van der Waals surface area contributed by atoms with E-state index in [0.717, 1.165) is 0 Å². The normalized spacial score (nSPS) is 11.1. The van der Waals surface area contributed by atoms with Gasteiger partial charge in [-0.25, -0.2) is 0 Å². The van der Waals surface area contributed by atoms with Gasteiger partial charge in [0.15, 0.2) is 11.9 Å². The topological polar surface area (TPSA) is 105 Å². The van der Waals surface area contributed by atoms with Crippen LogP contribution < -0.4 is 10.1 Å². The first kappa shape index (κ1) is 21.6. The molecule has 0 aromatic heterocycles. The van der Waals surface area contributed by atoms with Gasteiger partial charge in [-0.05, 0) is 50.2 Å². The molecule has 0 saturated carbocycles. The highest BCUT2D eigenvalue weighted by Gasteiger charge is 2.19. The van der Waals surface area contributed by atoms with Crippen LogP contribution in [-0.4, -0.2) is 30.4 Å². The number of nitrogens with one attached hydrogen (secondary N) is 1. The van der Waals surface area contributed by atoms with E-state index < -0.39 is 18.0 Å². The summed E-state index contributed by atoms with van der Waals surface area (Å²) >= 11 is 0. The Labute approximate surface area is 169 Å². The number of nitriles is 1. The Balaban J connectivity index is 1.82. The van der Waals surface area contributed by atoms with Crippen molar-refractivity contribution < 1.29 is 23.9 Å². The molecule has 0 spiro atoms. The average molecular weight is 394 g/mol. The smallest absolute Gasteiger partial charge is 0.307 e. The second kappa shape index (κ2) is 10.6. The van der Waals surface area contributed by atoms with Gasteiger partial charge in [-0.15, -0.1) is 0 Å². The van der Waals surface area contributed by atoms with Crippen molar-refractivity contribution in [3.05, 3.63) is 59.7 Å². The van der Waals surface area contributed by atoms with Gasteiger partial charge in [-0.3, -0.25) is 14.4 Å². The van der Waals surface area contributed by atoms with E-state index in [0.29, 0.717) is 29.2 Å². The van der Waals surface area contributed by atoms with E-state index in [9.17, 15) is 14.4 Å². The van der Waals surface area contributed by atoms with Gasteiger partial charge in [0.05, 0.1) is 24.3 Å². The summed E-state index contributed by atoms with van der Waals surface area (Å²) in [6, 6.07) is 15.2. The molecule has 0 heterocycles. The Bertz CT molecular complexity index is 916. The molecule has 150 valence electrons. The van der Waals surface area contributed by atoms with Crippen molar-refractivity contribution in [3.8, 4) is 11.8 Å². The number of rotatable bonds is 9. The number of para-hydroxylation sites is 1. The molecule has 2 aromatic carbocycles. The number of carbonyl (C=O) groups is 3. The summed E-state index contributed by atoms with van der Waals surface area (Å²) in [6.07, 6.45) is -1.23. The Morgan fingerprint density at radius 2 is 1.76 bits per heavy atom. The number of hydrogen-bond donors (Lipinski definition) is 1. The number of hydrogen-bond acceptors (Lipinski definition) is 6. The summed E-state index contributed by atoms with van der Waals surface area (Å²) in [5, 5.41) is 11.6. The molecule has 0 aliphatic rings. The molecule has 0 saturated heterocycles. The molecule has 1 atom stereocenters. The largest absolute Gasteiger partial charge is 0.494 e. The number of nitrogens with zero attached hydrogens (tertiary/aromatic N) is 1. The maximum atomic E-state index is 12.2. The molecular weight excluding hydrogens is 372 g/mol. The highest BCUT2D eigenvalue weighted by molar-refractivity contribution is 5.98. The molecule has 1 amide bonds. The number of anilines is 1. The van der Waals surface area contributed by atoms with Crippen molar-refractivity contribution >= 4 is 23.3 Å². The molecule has 7 heteroatoms. The first-order valence-electron chi connectivity index (χ1n) is 9.20. The van der Waals surface area contributed by atoms with Crippen molar-refractivity contribution in [2.75, 3.05) is 11.9 Å². The molecule has 0 unspecified atom stereocenters. The monoisotopic (exact) mass is 394 g/mol. The number of ketones is 1. The number of Topliss-reactive ketones (excluding diaryl/α,β-unsaturated/α-hetero) is 1. The van der Waals surface area contributed by atoms with Crippen LogP contribution in [0.1, 0.15) is 42.6 Å². The van der Waals surface area contributed by atoms with Gasteiger partial charge in [-0.1, -0.05) is 12.1 Å². The van der Waals surface area contributed by atoms with Gasteiger partial charge in [0.1, 0.15) is 11.8 Å². The Morgan fingerprint density at radius 1 is 1.07 bits per heavy atom. The number of esters is 1. The molecule has 0 radical (unpaired) electrons. The average Bonchev–Trinajstić information content (AvgIpc) is 2.73. The summed E-state index contributed by atoms with van der Waals surface area (Å²) in [7, 11) is 0. The predicted octanol–water partition coefficient (Wildman–Crippen LogP) is 3.49. The summed E-state index contributed by atoms with van der Waals surface area (Å²) in [6.45, 7) is 3.83. The van der Waals surface area contributed by atoms with Crippen LogP contribution >= 0.6 is 0 Å². The number of amides is 1. The third-order valence-electron chi connectivity index (χ3n) is 4.03. The maximum Gasteiger partial charge on any atom is 0.307 e. The van der Waals surface area contributed by atoms with Crippen LogP contribution in [-0.2, 0) is 14.3 Å². The lowest BCUT2D eigenvalue weighted by Gasteiger charge is -2.14. The van der Waals surface area contributed by atoms with Crippen molar-refractivity contribution in [2.24, 2.45) is 0 Å². The van der Waals surface area contributed by atoms with Crippen LogP contribution in [0.5, 0.6) is 5.75 Å². The van der Waals surface area contributed by atoms with E-state index in [4.69, 9.17) is 14.7 Å². The molecule has 2 rings (SSSR count). The minimum atomic E-state index is -1.06. The van der Waals surface area contributed by atoms with Crippen LogP contribution in [0.25, 0.3) is 0 Å². The van der Waals surface area contributed by atoms with Crippen LogP contribution in [0, 0.1) is 11.3 Å². The second-order valence-corrected chi connectivity index (χ2v) is 6.16. The lowest BCUT2D eigenvalue weighted by molar-refractivity contribution is -0.153. The summed E-state index contributed by atoms with van der Waals surface area (Å²) in [5.41, 5.74) is 1.12. The summed E-state index contributed by atoms with van der Waals surface area (Å²) in [5.74, 6) is -0.745. The van der Waals surface area contributed by atoms with Crippen molar-refractivity contribution in [1.29, 1.82) is 5.26 Å². The number of carbonyl (C=O) groups excluding carboxylic acids is 3. The van der Waals surface area contributed by atoms with Crippen molar-refractivity contribution in [1.82, 2.24) is 0 Å². The standard InChI is InChI=1S/C22H22N2O5/c1-3-28-18-10-8-16(9-11-18)20(25)12-13-21(26)29-15(2)22(27)24-19-7-5-4-6-17(19)14-23/h4-11,15H,3,12-13H2,1-2H3,(H,24,27)/t15-/m0/s1. The Kier molecular flexibility index (Phi) is 7.92. The van der Waals surface area contributed by atoms with E-state index in [2.05, 4.69) is 5.32 Å². The number of ether oxygens (including phenoxy) is 2. The van der Waals surface area contributed by atoms with E-state index in [1.165, 1.54) is 6.92 Å².